The van der Waals surface area contributed by atoms with Crippen molar-refractivity contribution in [3.05, 3.63) is 59.9 Å². The quantitative estimate of drug-likeness (QED) is 0.773. The number of hydrogen-bond acceptors (Lipinski definition) is 4. The topological polar surface area (TPSA) is 92.5 Å². The SMILES string of the molecule is NS(=O)(=O)c1ccc(NC(=O)CN(Cc2cccc(F)c2)C2CC2)cc1. The zero-order chi connectivity index (χ0) is 18.7. The predicted molar refractivity (Wildman–Crippen MR) is 96.3 cm³/mol. The summed E-state index contributed by atoms with van der Waals surface area (Å²) in [6.07, 6.45) is 2.04. The molecule has 2 aromatic rings. The van der Waals surface area contributed by atoms with Crippen LogP contribution in [0.25, 0.3) is 0 Å². The van der Waals surface area contributed by atoms with Crippen LogP contribution in [-0.4, -0.2) is 31.8 Å². The molecule has 8 heteroatoms. The molecule has 0 unspecified atom stereocenters. The number of halogens is 1. The summed E-state index contributed by atoms with van der Waals surface area (Å²) in [5.41, 5.74) is 1.31. The molecule has 1 aliphatic rings. The van der Waals surface area contributed by atoms with E-state index in [0.29, 0.717) is 18.3 Å². The lowest BCUT2D eigenvalue weighted by molar-refractivity contribution is -0.117. The van der Waals surface area contributed by atoms with Gasteiger partial charge in [0.15, 0.2) is 0 Å². The monoisotopic (exact) mass is 377 g/mol. The van der Waals surface area contributed by atoms with E-state index in [1.807, 2.05) is 11.0 Å². The van der Waals surface area contributed by atoms with Gasteiger partial charge < -0.3 is 5.32 Å². The molecule has 1 amide bonds. The Kier molecular flexibility index (Phi) is 5.36. The first-order chi connectivity index (χ1) is 12.3. The van der Waals surface area contributed by atoms with Gasteiger partial charge >= 0.3 is 0 Å². The van der Waals surface area contributed by atoms with E-state index >= 15 is 0 Å². The number of rotatable bonds is 7. The van der Waals surface area contributed by atoms with Crippen molar-refractivity contribution >= 4 is 21.6 Å². The number of amides is 1. The van der Waals surface area contributed by atoms with Gasteiger partial charge in [0.05, 0.1) is 11.4 Å². The highest BCUT2D eigenvalue weighted by Gasteiger charge is 2.30. The second kappa shape index (κ2) is 7.53. The Labute approximate surface area is 151 Å². The third kappa shape index (κ3) is 5.10. The Morgan fingerprint density at radius 1 is 1.19 bits per heavy atom. The van der Waals surface area contributed by atoms with Crippen molar-refractivity contribution < 1.29 is 17.6 Å². The van der Waals surface area contributed by atoms with Crippen LogP contribution in [0.3, 0.4) is 0 Å². The molecule has 1 aliphatic carbocycles. The van der Waals surface area contributed by atoms with Gasteiger partial charge in [-0.05, 0) is 54.8 Å². The van der Waals surface area contributed by atoms with E-state index in [0.717, 1.165) is 18.4 Å². The van der Waals surface area contributed by atoms with E-state index in [1.165, 1.54) is 36.4 Å². The standard InChI is InChI=1S/C18H20FN3O3S/c19-14-3-1-2-13(10-14)11-22(16-6-7-16)12-18(23)21-15-4-8-17(9-5-15)26(20,24)25/h1-5,8-10,16H,6-7,11-12H2,(H,21,23)(H2,20,24,25). The van der Waals surface area contributed by atoms with Crippen LogP contribution in [0.2, 0.25) is 0 Å². The highest BCUT2D eigenvalue weighted by molar-refractivity contribution is 7.89. The van der Waals surface area contributed by atoms with Crippen molar-refractivity contribution in [1.82, 2.24) is 4.90 Å². The molecule has 0 aliphatic heterocycles. The zero-order valence-corrected chi connectivity index (χ0v) is 14.9. The average Bonchev–Trinajstić information content (AvgIpc) is 3.39. The van der Waals surface area contributed by atoms with Gasteiger partial charge in [-0.1, -0.05) is 12.1 Å². The number of sulfonamides is 1. The van der Waals surface area contributed by atoms with Crippen molar-refractivity contribution in [1.29, 1.82) is 0 Å². The molecule has 0 radical (unpaired) electrons. The van der Waals surface area contributed by atoms with Crippen LogP contribution in [0, 0.1) is 5.82 Å². The number of anilines is 1. The normalized spacial score (nSPS) is 14.4. The fourth-order valence-electron chi connectivity index (χ4n) is 2.74. The first-order valence-electron chi connectivity index (χ1n) is 8.22. The molecule has 2 aromatic carbocycles. The van der Waals surface area contributed by atoms with Gasteiger partial charge in [-0.2, -0.15) is 0 Å². The van der Waals surface area contributed by atoms with Crippen LogP contribution in [0.4, 0.5) is 10.1 Å². The molecule has 0 spiro atoms. The van der Waals surface area contributed by atoms with Gasteiger partial charge in [-0.3, -0.25) is 9.69 Å². The maximum absolute atomic E-state index is 13.4. The van der Waals surface area contributed by atoms with E-state index in [2.05, 4.69) is 5.32 Å². The number of carbonyl (C=O) groups excluding carboxylic acids is 1. The molecule has 0 atom stereocenters. The molecular formula is C18H20FN3O3S. The molecule has 6 nitrogen and oxygen atoms in total. The summed E-state index contributed by atoms with van der Waals surface area (Å²) in [5.74, 6) is -0.505. The third-order valence-corrected chi connectivity index (χ3v) is 5.08. The number of nitrogens with zero attached hydrogens (tertiary/aromatic N) is 1. The first-order valence-corrected chi connectivity index (χ1v) is 9.77. The highest BCUT2D eigenvalue weighted by atomic mass is 32.2. The fourth-order valence-corrected chi connectivity index (χ4v) is 3.25. The minimum absolute atomic E-state index is 0.0128. The number of nitrogens with one attached hydrogen (secondary N) is 1. The molecule has 26 heavy (non-hydrogen) atoms. The molecule has 0 bridgehead atoms. The number of benzene rings is 2. The Morgan fingerprint density at radius 2 is 1.88 bits per heavy atom. The van der Waals surface area contributed by atoms with E-state index in [-0.39, 0.29) is 23.2 Å². The highest BCUT2D eigenvalue weighted by Crippen LogP contribution is 2.28. The number of nitrogens with two attached hydrogens (primary N) is 1. The summed E-state index contributed by atoms with van der Waals surface area (Å²) in [6.45, 7) is 0.679. The summed E-state index contributed by atoms with van der Waals surface area (Å²) in [4.78, 5) is 14.3. The van der Waals surface area contributed by atoms with Gasteiger partial charge in [0.1, 0.15) is 5.82 Å². The summed E-state index contributed by atoms with van der Waals surface area (Å²) >= 11 is 0. The lowest BCUT2D eigenvalue weighted by atomic mass is 10.2. The molecule has 138 valence electrons. The van der Waals surface area contributed by atoms with Crippen molar-refractivity contribution in [3.63, 3.8) is 0 Å². The van der Waals surface area contributed by atoms with Crippen molar-refractivity contribution in [3.8, 4) is 0 Å². The molecular weight excluding hydrogens is 357 g/mol. The lowest BCUT2D eigenvalue weighted by Gasteiger charge is -2.21. The molecule has 3 N–H and O–H groups in total. The van der Waals surface area contributed by atoms with E-state index < -0.39 is 10.0 Å². The molecule has 1 fully saturated rings. The maximum Gasteiger partial charge on any atom is 0.238 e. The van der Waals surface area contributed by atoms with E-state index in [1.54, 1.807) is 6.07 Å². The minimum Gasteiger partial charge on any atom is -0.325 e. The number of carbonyl (C=O) groups is 1. The summed E-state index contributed by atoms with van der Waals surface area (Å²) in [7, 11) is -3.76. The first kappa shape index (κ1) is 18.5. The van der Waals surface area contributed by atoms with Crippen LogP contribution >= 0.6 is 0 Å². The van der Waals surface area contributed by atoms with Gasteiger partial charge in [0.25, 0.3) is 0 Å². The average molecular weight is 377 g/mol. The smallest absolute Gasteiger partial charge is 0.238 e. The maximum atomic E-state index is 13.4. The van der Waals surface area contributed by atoms with Gasteiger partial charge in [0, 0.05) is 18.3 Å². The van der Waals surface area contributed by atoms with Crippen LogP contribution < -0.4 is 10.5 Å². The van der Waals surface area contributed by atoms with Crippen LogP contribution in [0.15, 0.2) is 53.4 Å². The second-order valence-electron chi connectivity index (χ2n) is 6.38. The summed E-state index contributed by atoms with van der Waals surface area (Å²) in [5, 5.41) is 7.79. The van der Waals surface area contributed by atoms with Crippen molar-refractivity contribution in [2.75, 3.05) is 11.9 Å². The molecule has 0 saturated heterocycles. The Morgan fingerprint density at radius 3 is 2.46 bits per heavy atom. The largest absolute Gasteiger partial charge is 0.325 e. The summed E-state index contributed by atoms with van der Waals surface area (Å²) in [6, 6.07) is 12.4. The van der Waals surface area contributed by atoms with E-state index in [4.69, 9.17) is 5.14 Å². The Bertz CT molecular complexity index is 896. The lowest BCUT2D eigenvalue weighted by Crippen LogP contribution is -2.34. The molecule has 0 aromatic heterocycles. The van der Waals surface area contributed by atoms with Gasteiger partial charge in [-0.25, -0.2) is 17.9 Å². The Balaban J connectivity index is 1.61. The minimum atomic E-state index is -3.76. The van der Waals surface area contributed by atoms with Crippen LogP contribution in [-0.2, 0) is 21.4 Å². The van der Waals surface area contributed by atoms with E-state index in [9.17, 15) is 17.6 Å². The number of hydrogen-bond donors (Lipinski definition) is 2. The van der Waals surface area contributed by atoms with Gasteiger partial charge in [-0.15, -0.1) is 0 Å². The molecule has 1 saturated carbocycles. The van der Waals surface area contributed by atoms with Crippen LogP contribution in [0.5, 0.6) is 0 Å². The fraction of sp³-hybridized carbons (Fsp3) is 0.278. The van der Waals surface area contributed by atoms with Crippen LogP contribution in [0.1, 0.15) is 18.4 Å². The van der Waals surface area contributed by atoms with Crippen molar-refractivity contribution in [2.24, 2.45) is 5.14 Å². The molecule has 0 heterocycles. The predicted octanol–water partition coefficient (Wildman–Crippen LogP) is 2.08. The van der Waals surface area contributed by atoms with Crippen molar-refractivity contribution in [2.45, 2.75) is 30.3 Å². The number of primary sulfonamides is 1. The Hall–Kier alpha value is -2.29. The third-order valence-electron chi connectivity index (χ3n) is 4.15. The summed E-state index contributed by atoms with van der Waals surface area (Å²) < 4.78 is 35.8. The zero-order valence-electron chi connectivity index (χ0n) is 14.1. The van der Waals surface area contributed by atoms with Gasteiger partial charge in [0.2, 0.25) is 15.9 Å². The second-order valence-corrected chi connectivity index (χ2v) is 7.95. The molecule has 3 rings (SSSR count).